The molecule has 0 aliphatic rings. The van der Waals surface area contributed by atoms with E-state index >= 15 is 0 Å². The van der Waals surface area contributed by atoms with Crippen molar-refractivity contribution in [1.29, 1.82) is 0 Å². The zero-order valence-electron chi connectivity index (χ0n) is 12.2. The van der Waals surface area contributed by atoms with Crippen LogP contribution in [0.2, 0.25) is 0 Å². The predicted molar refractivity (Wildman–Crippen MR) is 83.7 cm³/mol. The Hall–Kier alpha value is -2.29. The first-order valence-electron chi connectivity index (χ1n) is 6.79. The molecule has 0 amide bonds. The minimum Gasteiger partial charge on any atom is -0.437 e. The highest BCUT2D eigenvalue weighted by Gasteiger charge is 2.15. The van der Waals surface area contributed by atoms with Gasteiger partial charge in [0.1, 0.15) is 5.58 Å². The number of aryl methyl sites for hydroxylation is 2. The first kappa shape index (κ1) is 12.7. The lowest BCUT2D eigenvalue weighted by Crippen LogP contribution is -2.05. The Balaban J connectivity index is 2.45. The van der Waals surface area contributed by atoms with Crippen LogP contribution in [0.1, 0.15) is 23.7 Å². The molecule has 0 aliphatic carbocycles. The molecule has 3 aromatic rings. The Morgan fingerprint density at radius 3 is 2.60 bits per heavy atom. The fourth-order valence-corrected chi connectivity index (χ4v) is 2.66. The van der Waals surface area contributed by atoms with Crippen LogP contribution in [0.5, 0.6) is 0 Å². The van der Waals surface area contributed by atoms with Gasteiger partial charge in [-0.05, 0) is 38.5 Å². The summed E-state index contributed by atoms with van der Waals surface area (Å²) >= 11 is 0. The van der Waals surface area contributed by atoms with Gasteiger partial charge >= 0.3 is 0 Å². The smallest absolute Gasteiger partial charge is 0.227 e. The van der Waals surface area contributed by atoms with Crippen LogP contribution in [-0.2, 0) is 0 Å². The number of allylic oxidation sites excluding steroid dienone is 1. The molecule has 0 radical (unpaired) electrons. The molecule has 0 spiro atoms. The maximum Gasteiger partial charge on any atom is 0.227 e. The van der Waals surface area contributed by atoms with Gasteiger partial charge in [0.15, 0.2) is 0 Å². The molecule has 0 aliphatic heterocycles. The molecule has 0 atom stereocenters. The van der Waals surface area contributed by atoms with E-state index in [4.69, 9.17) is 4.42 Å². The summed E-state index contributed by atoms with van der Waals surface area (Å²) in [6.45, 7) is 6.10. The minimum atomic E-state index is 0.707. The Bertz CT molecular complexity index is 828. The number of benzene rings is 1. The van der Waals surface area contributed by atoms with E-state index in [9.17, 15) is 0 Å². The molecule has 0 saturated carbocycles. The summed E-state index contributed by atoms with van der Waals surface area (Å²) in [5.41, 5.74) is 5.96. The van der Waals surface area contributed by atoms with Gasteiger partial charge in [0, 0.05) is 34.8 Å². The summed E-state index contributed by atoms with van der Waals surface area (Å²) in [4.78, 5) is 4.49. The van der Waals surface area contributed by atoms with E-state index < -0.39 is 0 Å². The van der Waals surface area contributed by atoms with E-state index in [0.29, 0.717) is 5.71 Å². The van der Waals surface area contributed by atoms with Gasteiger partial charge in [-0.3, -0.25) is 0 Å². The maximum absolute atomic E-state index is 6.04. The molecule has 102 valence electrons. The van der Waals surface area contributed by atoms with E-state index in [0.717, 1.165) is 33.3 Å². The summed E-state index contributed by atoms with van der Waals surface area (Å²) in [7, 11) is 1.93. The first-order chi connectivity index (χ1) is 9.65. The van der Waals surface area contributed by atoms with Gasteiger partial charge < -0.3 is 9.73 Å². The number of nitrogens with one attached hydrogen (secondary N) is 1. The average molecular weight is 266 g/mol. The first-order valence-corrected chi connectivity index (χ1v) is 6.79. The van der Waals surface area contributed by atoms with E-state index in [1.54, 1.807) is 0 Å². The third-order valence-corrected chi connectivity index (χ3v) is 3.68. The SMILES string of the molecule is C/C=C(\NC)c1c(C)ccc2c1oc1nc(C)ccc12. The summed E-state index contributed by atoms with van der Waals surface area (Å²) in [5, 5.41) is 5.42. The van der Waals surface area contributed by atoms with Crippen molar-refractivity contribution in [3.05, 3.63) is 47.2 Å². The molecule has 2 aromatic heterocycles. The summed E-state index contributed by atoms with van der Waals surface area (Å²) < 4.78 is 6.04. The molecular weight excluding hydrogens is 248 g/mol. The molecule has 3 rings (SSSR count). The van der Waals surface area contributed by atoms with Crippen LogP contribution in [0.25, 0.3) is 27.8 Å². The van der Waals surface area contributed by atoms with Gasteiger partial charge in [0.05, 0.1) is 0 Å². The Labute approximate surface area is 118 Å². The predicted octanol–water partition coefficient (Wildman–Crippen LogP) is 4.18. The fourth-order valence-electron chi connectivity index (χ4n) is 2.66. The molecule has 0 saturated heterocycles. The van der Waals surface area contributed by atoms with Crippen LogP contribution in [-0.4, -0.2) is 12.0 Å². The molecule has 3 nitrogen and oxygen atoms in total. The minimum absolute atomic E-state index is 0.707. The van der Waals surface area contributed by atoms with Gasteiger partial charge in [0.2, 0.25) is 5.71 Å². The van der Waals surface area contributed by atoms with Crippen molar-refractivity contribution >= 4 is 27.8 Å². The number of furan rings is 1. The second-order valence-corrected chi connectivity index (χ2v) is 4.99. The molecule has 0 unspecified atom stereocenters. The van der Waals surface area contributed by atoms with Gasteiger partial charge in [-0.25, -0.2) is 4.98 Å². The third kappa shape index (κ3) is 1.78. The van der Waals surface area contributed by atoms with Crippen molar-refractivity contribution in [3.63, 3.8) is 0 Å². The third-order valence-electron chi connectivity index (χ3n) is 3.68. The normalized spacial score (nSPS) is 12.3. The summed E-state index contributed by atoms with van der Waals surface area (Å²) in [6, 6.07) is 8.34. The number of hydrogen-bond donors (Lipinski definition) is 1. The van der Waals surface area contributed by atoms with Gasteiger partial charge in [-0.15, -0.1) is 0 Å². The lowest BCUT2D eigenvalue weighted by molar-refractivity contribution is 0.650. The molecule has 1 N–H and O–H groups in total. The second kappa shape index (κ2) is 4.67. The molecule has 3 heteroatoms. The molecule has 0 bridgehead atoms. The van der Waals surface area contributed by atoms with Crippen molar-refractivity contribution in [2.75, 3.05) is 7.05 Å². The molecule has 1 aromatic carbocycles. The molecule has 0 fully saturated rings. The quantitative estimate of drug-likeness (QED) is 0.756. The molecule has 20 heavy (non-hydrogen) atoms. The van der Waals surface area contributed by atoms with Crippen LogP contribution in [0.4, 0.5) is 0 Å². The maximum atomic E-state index is 6.04. The highest BCUT2D eigenvalue weighted by molar-refractivity contribution is 6.07. The van der Waals surface area contributed by atoms with Crippen molar-refractivity contribution < 1.29 is 4.42 Å². The van der Waals surface area contributed by atoms with Crippen molar-refractivity contribution in [1.82, 2.24) is 10.3 Å². The van der Waals surface area contributed by atoms with Crippen LogP contribution in [0.15, 0.2) is 34.8 Å². The number of fused-ring (bicyclic) bond motifs is 3. The number of hydrogen-bond acceptors (Lipinski definition) is 3. The number of rotatable bonds is 2. The summed E-state index contributed by atoms with van der Waals surface area (Å²) in [5.74, 6) is 0. The average Bonchev–Trinajstić information content (AvgIpc) is 2.79. The van der Waals surface area contributed by atoms with E-state index in [1.165, 1.54) is 5.56 Å². The zero-order chi connectivity index (χ0) is 14.3. The fraction of sp³-hybridized carbons (Fsp3) is 0.235. The van der Waals surface area contributed by atoms with Crippen LogP contribution >= 0.6 is 0 Å². The summed E-state index contributed by atoms with van der Waals surface area (Å²) in [6.07, 6.45) is 2.06. The molecule has 2 heterocycles. The highest BCUT2D eigenvalue weighted by atomic mass is 16.3. The number of aromatic nitrogens is 1. The van der Waals surface area contributed by atoms with Gasteiger partial charge in [-0.2, -0.15) is 0 Å². The van der Waals surface area contributed by atoms with E-state index in [-0.39, 0.29) is 0 Å². The van der Waals surface area contributed by atoms with E-state index in [1.807, 2.05) is 27.0 Å². The van der Waals surface area contributed by atoms with Gasteiger partial charge in [0.25, 0.3) is 0 Å². The Morgan fingerprint density at radius 2 is 1.90 bits per heavy atom. The van der Waals surface area contributed by atoms with E-state index in [2.05, 4.69) is 41.5 Å². The number of nitrogens with zero attached hydrogens (tertiary/aromatic N) is 1. The second-order valence-electron chi connectivity index (χ2n) is 4.99. The van der Waals surface area contributed by atoms with Crippen LogP contribution in [0, 0.1) is 13.8 Å². The zero-order valence-corrected chi connectivity index (χ0v) is 12.2. The van der Waals surface area contributed by atoms with Gasteiger partial charge in [-0.1, -0.05) is 18.2 Å². The largest absolute Gasteiger partial charge is 0.437 e. The Morgan fingerprint density at radius 1 is 1.15 bits per heavy atom. The monoisotopic (exact) mass is 266 g/mol. The number of pyridine rings is 1. The van der Waals surface area contributed by atoms with Crippen LogP contribution in [0.3, 0.4) is 0 Å². The van der Waals surface area contributed by atoms with Crippen LogP contribution < -0.4 is 5.32 Å². The van der Waals surface area contributed by atoms with Crippen molar-refractivity contribution in [3.8, 4) is 0 Å². The van der Waals surface area contributed by atoms with Crippen molar-refractivity contribution in [2.24, 2.45) is 0 Å². The highest BCUT2D eigenvalue weighted by Crippen LogP contribution is 2.34. The standard InChI is InChI=1S/C17H18N2O/c1-5-14(18-4)15-10(2)6-8-12-13-9-7-11(3)19-17(13)20-16(12)15/h5-9,18H,1-4H3/b14-5-. The topological polar surface area (TPSA) is 38.1 Å². The van der Waals surface area contributed by atoms with Crippen molar-refractivity contribution in [2.45, 2.75) is 20.8 Å². The lowest BCUT2D eigenvalue weighted by Gasteiger charge is -2.10. The lowest BCUT2D eigenvalue weighted by atomic mass is 10.0. The molecular formula is C17H18N2O. The Kier molecular flexibility index (Phi) is 2.97.